The quantitative estimate of drug-likeness (QED) is 0.855. The second-order valence-electron chi connectivity index (χ2n) is 5.00. The van der Waals surface area contributed by atoms with Gasteiger partial charge in [0, 0.05) is 19.1 Å². The first kappa shape index (κ1) is 13.2. The van der Waals surface area contributed by atoms with E-state index in [1.807, 2.05) is 12.1 Å². The molecule has 0 saturated carbocycles. The number of nitrogens with two attached hydrogens (primary N) is 2. The Kier molecular flexibility index (Phi) is 3.78. The first-order valence-corrected chi connectivity index (χ1v) is 6.45. The number of hydrogen-bond donors (Lipinski definition) is 2. The minimum atomic E-state index is -0.498. The Hall–Kier alpha value is -1.26. The van der Waals surface area contributed by atoms with Gasteiger partial charge in [-0.1, -0.05) is 24.6 Å². The highest BCUT2D eigenvalue weighted by Gasteiger charge is 2.25. The number of halogens is 1. The molecular weight excluding hydrogens is 250 g/mol. The second kappa shape index (κ2) is 5.16. The van der Waals surface area contributed by atoms with Gasteiger partial charge >= 0.3 is 0 Å². The third-order valence-corrected chi connectivity index (χ3v) is 3.59. The largest absolute Gasteiger partial charge is 0.369 e. The van der Waals surface area contributed by atoms with E-state index in [0.717, 1.165) is 25.2 Å². The van der Waals surface area contributed by atoms with Crippen LogP contribution in [0.2, 0.25) is 5.02 Å². The third-order valence-electron chi connectivity index (χ3n) is 3.27. The molecule has 2 atom stereocenters. The molecule has 1 aromatic carbocycles. The van der Waals surface area contributed by atoms with Gasteiger partial charge in [-0.3, -0.25) is 4.79 Å². The van der Waals surface area contributed by atoms with E-state index in [9.17, 15) is 4.79 Å². The van der Waals surface area contributed by atoms with Gasteiger partial charge in [0.1, 0.15) is 0 Å². The van der Waals surface area contributed by atoms with E-state index in [4.69, 9.17) is 23.1 Å². The van der Waals surface area contributed by atoms with Gasteiger partial charge in [-0.05, 0) is 24.5 Å². The van der Waals surface area contributed by atoms with Crippen molar-refractivity contribution in [3.8, 4) is 0 Å². The van der Waals surface area contributed by atoms with Crippen molar-refractivity contribution in [2.45, 2.75) is 19.4 Å². The number of piperidine rings is 1. The molecule has 0 spiro atoms. The molecular formula is C13H18ClN3O. The highest BCUT2D eigenvalue weighted by molar-refractivity contribution is 6.34. The Labute approximate surface area is 112 Å². The van der Waals surface area contributed by atoms with E-state index in [1.54, 1.807) is 6.07 Å². The molecule has 1 fully saturated rings. The number of rotatable bonds is 2. The van der Waals surface area contributed by atoms with Gasteiger partial charge in [-0.2, -0.15) is 0 Å². The summed E-state index contributed by atoms with van der Waals surface area (Å²) in [4.78, 5) is 13.6. The fourth-order valence-electron chi connectivity index (χ4n) is 2.62. The monoisotopic (exact) mass is 267 g/mol. The zero-order chi connectivity index (χ0) is 13.3. The predicted molar refractivity (Wildman–Crippen MR) is 73.9 cm³/mol. The zero-order valence-electron chi connectivity index (χ0n) is 10.4. The molecule has 4 N–H and O–H groups in total. The smallest absolute Gasteiger partial charge is 0.252 e. The van der Waals surface area contributed by atoms with Crippen LogP contribution in [0, 0.1) is 5.92 Å². The highest BCUT2D eigenvalue weighted by Crippen LogP contribution is 2.30. The molecule has 2 rings (SSSR count). The maximum Gasteiger partial charge on any atom is 0.252 e. The van der Waals surface area contributed by atoms with Gasteiger partial charge in [0.15, 0.2) is 0 Å². The van der Waals surface area contributed by atoms with Crippen molar-refractivity contribution in [1.29, 1.82) is 0 Å². The standard InChI is InChI=1S/C13H18ClN3O/c1-8-5-9(15)7-17(6-8)11-4-2-3-10(14)12(11)13(16)18/h2-4,8-9H,5-7,15H2,1H3,(H2,16,18). The van der Waals surface area contributed by atoms with E-state index in [-0.39, 0.29) is 6.04 Å². The molecule has 1 aliphatic heterocycles. The topological polar surface area (TPSA) is 72.3 Å². The lowest BCUT2D eigenvalue weighted by atomic mass is 9.95. The van der Waals surface area contributed by atoms with Crippen molar-refractivity contribution in [3.05, 3.63) is 28.8 Å². The maximum atomic E-state index is 11.5. The second-order valence-corrected chi connectivity index (χ2v) is 5.41. The number of amides is 1. The molecule has 0 radical (unpaired) electrons. The van der Waals surface area contributed by atoms with E-state index < -0.39 is 5.91 Å². The van der Waals surface area contributed by atoms with Crippen LogP contribution in [-0.2, 0) is 0 Å². The van der Waals surface area contributed by atoms with Gasteiger partial charge in [-0.25, -0.2) is 0 Å². The molecule has 0 aromatic heterocycles. The van der Waals surface area contributed by atoms with Crippen LogP contribution < -0.4 is 16.4 Å². The molecule has 98 valence electrons. The zero-order valence-corrected chi connectivity index (χ0v) is 11.2. The van der Waals surface area contributed by atoms with Crippen molar-refractivity contribution in [1.82, 2.24) is 0 Å². The number of anilines is 1. The van der Waals surface area contributed by atoms with E-state index in [2.05, 4.69) is 11.8 Å². The highest BCUT2D eigenvalue weighted by atomic mass is 35.5. The fourth-order valence-corrected chi connectivity index (χ4v) is 2.88. The molecule has 4 nitrogen and oxygen atoms in total. The van der Waals surface area contributed by atoms with Crippen LogP contribution in [0.3, 0.4) is 0 Å². The van der Waals surface area contributed by atoms with Gasteiger partial charge < -0.3 is 16.4 Å². The molecule has 0 bridgehead atoms. The number of benzene rings is 1. The lowest BCUT2D eigenvalue weighted by Gasteiger charge is -2.37. The van der Waals surface area contributed by atoms with E-state index in [1.165, 1.54) is 0 Å². The molecule has 0 aliphatic carbocycles. The fraction of sp³-hybridized carbons (Fsp3) is 0.462. The molecule has 1 amide bonds. The molecule has 2 unspecified atom stereocenters. The summed E-state index contributed by atoms with van der Waals surface area (Å²) < 4.78 is 0. The summed E-state index contributed by atoms with van der Waals surface area (Å²) in [6, 6.07) is 5.50. The van der Waals surface area contributed by atoms with Crippen molar-refractivity contribution in [2.24, 2.45) is 17.4 Å². The SMILES string of the molecule is CC1CC(N)CN(c2cccc(Cl)c2C(N)=O)C1. The van der Waals surface area contributed by atoms with Crippen LogP contribution >= 0.6 is 11.6 Å². The van der Waals surface area contributed by atoms with Gasteiger partial charge in [-0.15, -0.1) is 0 Å². The van der Waals surface area contributed by atoms with Crippen molar-refractivity contribution < 1.29 is 4.79 Å². The summed E-state index contributed by atoms with van der Waals surface area (Å²) in [5, 5.41) is 0.395. The molecule has 1 aromatic rings. The molecule has 1 aliphatic rings. The van der Waals surface area contributed by atoms with Gasteiger partial charge in [0.25, 0.3) is 5.91 Å². The Morgan fingerprint density at radius 2 is 2.17 bits per heavy atom. The first-order valence-electron chi connectivity index (χ1n) is 6.08. The van der Waals surface area contributed by atoms with Crippen LogP contribution in [0.5, 0.6) is 0 Å². The summed E-state index contributed by atoms with van der Waals surface area (Å²) in [5.41, 5.74) is 12.6. The summed E-state index contributed by atoms with van der Waals surface area (Å²) in [5.74, 6) is -0.00384. The normalized spacial score (nSPS) is 24.1. The number of nitrogens with zero attached hydrogens (tertiary/aromatic N) is 1. The van der Waals surface area contributed by atoms with Crippen LogP contribution in [-0.4, -0.2) is 25.0 Å². The Balaban J connectivity index is 2.38. The minimum absolute atomic E-state index is 0.119. The average molecular weight is 268 g/mol. The van der Waals surface area contributed by atoms with Crippen molar-refractivity contribution in [2.75, 3.05) is 18.0 Å². The van der Waals surface area contributed by atoms with Gasteiger partial charge in [0.05, 0.1) is 16.3 Å². The maximum absolute atomic E-state index is 11.5. The average Bonchev–Trinajstić information content (AvgIpc) is 2.26. The van der Waals surface area contributed by atoms with E-state index >= 15 is 0 Å². The number of carbonyl (C=O) groups excluding carboxylic acids is 1. The first-order chi connectivity index (χ1) is 8.49. The lowest BCUT2D eigenvalue weighted by molar-refractivity contribution is 0.100. The summed E-state index contributed by atoms with van der Waals surface area (Å²) in [7, 11) is 0. The third kappa shape index (κ3) is 2.60. The molecule has 18 heavy (non-hydrogen) atoms. The van der Waals surface area contributed by atoms with Crippen LogP contribution in [0.1, 0.15) is 23.7 Å². The number of hydrogen-bond acceptors (Lipinski definition) is 3. The predicted octanol–water partition coefficient (Wildman–Crippen LogP) is 1.61. The minimum Gasteiger partial charge on any atom is -0.369 e. The number of carbonyl (C=O) groups is 1. The summed E-state index contributed by atoms with van der Waals surface area (Å²) in [6.07, 6.45) is 1.00. The summed E-state index contributed by atoms with van der Waals surface area (Å²) >= 11 is 6.06. The Morgan fingerprint density at radius 1 is 1.44 bits per heavy atom. The Bertz CT molecular complexity index is 454. The van der Waals surface area contributed by atoms with Crippen molar-refractivity contribution >= 4 is 23.2 Å². The molecule has 1 heterocycles. The van der Waals surface area contributed by atoms with Crippen LogP contribution in [0.4, 0.5) is 5.69 Å². The molecule has 1 saturated heterocycles. The number of primary amides is 1. The van der Waals surface area contributed by atoms with Crippen LogP contribution in [0.25, 0.3) is 0 Å². The van der Waals surface area contributed by atoms with Crippen molar-refractivity contribution in [3.63, 3.8) is 0 Å². The molecule has 5 heteroatoms. The van der Waals surface area contributed by atoms with Gasteiger partial charge in [0.2, 0.25) is 0 Å². The van der Waals surface area contributed by atoms with E-state index in [0.29, 0.717) is 16.5 Å². The summed E-state index contributed by atoms with van der Waals surface area (Å²) in [6.45, 7) is 3.75. The Morgan fingerprint density at radius 3 is 2.78 bits per heavy atom. The van der Waals surface area contributed by atoms with Crippen LogP contribution in [0.15, 0.2) is 18.2 Å². The lowest BCUT2D eigenvalue weighted by Crippen LogP contribution is -2.47.